The molecule has 0 spiro atoms. The second-order valence-corrected chi connectivity index (χ2v) is 6.74. The van der Waals surface area contributed by atoms with E-state index in [0.717, 1.165) is 11.3 Å². The number of hydrogen-bond donors (Lipinski definition) is 2. The van der Waals surface area contributed by atoms with E-state index < -0.39 is 0 Å². The summed E-state index contributed by atoms with van der Waals surface area (Å²) in [6.45, 7) is 4.09. The third-order valence-corrected chi connectivity index (χ3v) is 4.49. The fourth-order valence-corrected chi connectivity index (χ4v) is 3.11. The Bertz CT molecular complexity index is 936. The first kappa shape index (κ1) is 18.2. The molecule has 6 heteroatoms. The summed E-state index contributed by atoms with van der Waals surface area (Å²) in [5.74, 6) is 0.309. The molecule has 0 aliphatic rings. The Morgan fingerprint density at radius 1 is 1.00 bits per heavy atom. The van der Waals surface area contributed by atoms with Crippen molar-refractivity contribution in [1.82, 2.24) is 4.98 Å². The van der Waals surface area contributed by atoms with Gasteiger partial charge in [0.15, 0.2) is 0 Å². The maximum absolute atomic E-state index is 12.4. The average Bonchev–Trinajstić information content (AvgIpc) is 2.59. The zero-order chi connectivity index (χ0) is 18.7. The van der Waals surface area contributed by atoms with Gasteiger partial charge in [0, 0.05) is 5.69 Å². The van der Waals surface area contributed by atoms with Crippen molar-refractivity contribution < 1.29 is 4.79 Å². The first-order chi connectivity index (χ1) is 12.4. The van der Waals surface area contributed by atoms with E-state index in [0.29, 0.717) is 21.6 Å². The van der Waals surface area contributed by atoms with Gasteiger partial charge in [0.25, 0.3) is 5.91 Å². The monoisotopic (exact) mass is 385 g/mol. The molecule has 3 aromatic rings. The summed E-state index contributed by atoms with van der Waals surface area (Å²) in [5, 5.41) is 6.62. The van der Waals surface area contributed by atoms with Crippen molar-refractivity contribution in [3.05, 3.63) is 81.5 Å². The highest BCUT2D eigenvalue weighted by molar-refractivity contribution is 6.40. The first-order valence-corrected chi connectivity index (χ1v) is 8.75. The minimum atomic E-state index is -0.377. The van der Waals surface area contributed by atoms with Crippen LogP contribution in [0.3, 0.4) is 0 Å². The summed E-state index contributed by atoms with van der Waals surface area (Å²) in [6, 6.07) is 14.7. The van der Waals surface area contributed by atoms with Gasteiger partial charge in [-0.05, 0) is 49.7 Å². The quantitative estimate of drug-likeness (QED) is 0.578. The van der Waals surface area contributed by atoms with Gasteiger partial charge in [-0.1, -0.05) is 47.0 Å². The first-order valence-electron chi connectivity index (χ1n) is 8.00. The molecule has 0 fully saturated rings. The second kappa shape index (κ2) is 7.77. The van der Waals surface area contributed by atoms with Crippen LogP contribution in [-0.2, 0) is 0 Å². The fourth-order valence-electron chi connectivity index (χ4n) is 2.54. The van der Waals surface area contributed by atoms with Crippen molar-refractivity contribution in [2.45, 2.75) is 13.8 Å². The minimum absolute atomic E-state index is 0.244. The maximum atomic E-state index is 12.4. The minimum Gasteiger partial charge on any atom is -0.340 e. The summed E-state index contributed by atoms with van der Waals surface area (Å²) >= 11 is 12.1. The molecule has 0 bridgehead atoms. The van der Waals surface area contributed by atoms with Crippen LogP contribution in [0.4, 0.5) is 17.2 Å². The summed E-state index contributed by atoms with van der Waals surface area (Å²) in [4.78, 5) is 16.7. The van der Waals surface area contributed by atoms with Crippen LogP contribution in [-0.4, -0.2) is 10.9 Å². The lowest BCUT2D eigenvalue weighted by Gasteiger charge is -2.11. The molecule has 1 aromatic heterocycles. The lowest BCUT2D eigenvalue weighted by Crippen LogP contribution is -2.13. The van der Waals surface area contributed by atoms with Gasteiger partial charge in [-0.15, -0.1) is 0 Å². The van der Waals surface area contributed by atoms with Crippen molar-refractivity contribution in [2.24, 2.45) is 0 Å². The SMILES string of the molecule is Cc1ccc(Nc2ccc(NC(=O)c3c(Cl)cccc3Cl)cn2)c(C)c1. The fraction of sp³-hybridized carbons (Fsp3) is 0.100. The zero-order valence-electron chi connectivity index (χ0n) is 14.3. The molecule has 26 heavy (non-hydrogen) atoms. The van der Waals surface area contributed by atoms with Gasteiger partial charge in [0.05, 0.1) is 27.5 Å². The van der Waals surface area contributed by atoms with Crippen molar-refractivity contribution in [1.29, 1.82) is 0 Å². The Hall–Kier alpha value is -2.56. The molecule has 0 unspecified atom stereocenters. The standard InChI is InChI=1S/C20H17Cl2N3O/c1-12-6-8-17(13(2)10-12)25-18-9-7-14(11-23-18)24-20(26)19-15(21)4-3-5-16(19)22/h3-11H,1-2H3,(H,23,25)(H,24,26). The molecule has 3 rings (SSSR count). The van der Waals surface area contributed by atoms with Crippen LogP contribution in [0.15, 0.2) is 54.7 Å². The smallest absolute Gasteiger partial charge is 0.258 e. The number of aryl methyl sites for hydroxylation is 2. The number of hydrogen-bond acceptors (Lipinski definition) is 3. The van der Waals surface area contributed by atoms with Gasteiger partial charge >= 0.3 is 0 Å². The van der Waals surface area contributed by atoms with Crippen molar-refractivity contribution in [2.75, 3.05) is 10.6 Å². The van der Waals surface area contributed by atoms with Crippen molar-refractivity contribution >= 4 is 46.3 Å². The van der Waals surface area contributed by atoms with Crippen LogP contribution >= 0.6 is 23.2 Å². The average molecular weight is 386 g/mol. The Morgan fingerprint density at radius 3 is 2.35 bits per heavy atom. The number of anilines is 3. The van der Waals surface area contributed by atoms with Gasteiger partial charge in [-0.25, -0.2) is 4.98 Å². The van der Waals surface area contributed by atoms with Crippen molar-refractivity contribution in [3.63, 3.8) is 0 Å². The van der Waals surface area contributed by atoms with Crippen LogP contribution in [0.5, 0.6) is 0 Å². The second-order valence-electron chi connectivity index (χ2n) is 5.93. The molecule has 0 aliphatic carbocycles. The number of carbonyl (C=O) groups excluding carboxylic acids is 1. The van der Waals surface area contributed by atoms with Crippen LogP contribution in [0, 0.1) is 13.8 Å². The van der Waals surface area contributed by atoms with E-state index in [1.165, 1.54) is 5.56 Å². The van der Waals surface area contributed by atoms with E-state index in [9.17, 15) is 4.79 Å². The topological polar surface area (TPSA) is 54.0 Å². The molecule has 0 saturated carbocycles. The molecule has 4 nitrogen and oxygen atoms in total. The molecule has 0 saturated heterocycles. The Morgan fingerprint density at radius 2 is 1.73 bits per heavy atom. The Kier molecular flexibility index (Phi) is 5.45. The van der Waals surface area contributed by atoms with E-state index in [2.05, 4.69) is 28.6 Å². The van der Waals surface area contributed by atoms with E-state index in [-0.39, 0.29) is 11.5 Å². The van der Waals surface area contributed by atoms with E-state index >= 15 is 0 Å². The van der Waals surface area contributed by atoms with Gasteiger partial charge in [-0.3, -0.25) is 4.79 Å². The number of carbonyl (C=O) groups is 1. The summed E-state index contributed by atoms with van der Waals surface area (Å²) in [7, 11) is 0. The highest BCUT2D eigenvalue weighted by atomic mass is 35.5. The Labute approximate surface area is 162 Å². The summed E-state index contributed by atoms with van der Waals surface area (Å²) < 4.78 is 0. The molecular formula is C20H17Cl2N3O. The summed E-state index contributed by atoms with van der Waals surface area (Å²) in [5.41, 5.74) is 4.13. The van der Waals surface area contributed by atoms with Gasteiger partial charge in [-0.2, -0.15) is 0 Å². The van der Waals surface area contributed by atoms with Gasteiger partial charge < -0.3 is 10.6 Å². The highest BCUT2D eigenvalue weighted by Crippen LogP contribution is 2.26. The lowest BCUT2D eigenvalue weighted by atomic mass is 10.1. The van der Waals surface area contributed by atoms with Gasteiger partial charge in [0.1, 0.15) is 5.82 Å². The molecule has 1 amide bonds. The molecule has 1 heterocycles. The van der Waals surface area contributed by atoms with E-state index in [1.54, 1.807) is 36.5 Å². The van der Waals surface area contributed by atoms with E-state index in [4.69, 9.17) is 23.2 Å². The zero-order valence-corrected chi connectivity index (χ0v) is 15.8. The normalized spacial score (nSPS) is 10.5. The predicted octanol–water partition coefficient (Wildman–Crippen LogP) is 6.00. The lowest BCUT2D eigenvalue weighted by molar-refractivity contribution is 0.102. The number of nitrogens with one attached hydrogen (secondary N) is 2. The number of rotatable bonds is 4. The number of nitrogens with zero attached hydrogens (tertiary/aromatic N) is 1. The van der Waals surface area contributed by atoms with Gasteiger partial charge in [0.2, 0.25) is 0 Å². The number of benzene rings is 2. The largest absolute Gasteiger partial charge is 0.340 e. The van der Waals surface area contributed by atoms with Crippen LogP contribution in [0.25, 0.3) is 0 Å². The molecule has 0 aliphatic heterocycles. The number of pyridine rings is 1. The van der Waals surface area contributed by atoms with Crippen LogP contribution in [0.1, 0.15) is 21.5 Å². The van der Waals surface area contributed by atoms with Crippen LogP contribution in [0.2, 0.25) is 10.0 Å². The molecular weight excluding hydrogens is 369 g/mol. The molecule has 132 valence electrons. The predicted molar refractivity (Wildman–Crippen MR) is 108 cm³/mol. The van der Waals surface area contributed by atoms with Crippen LogP contribution < -0.4 is 10.6 Å². The number of aromatic nitrogens is 1. The molecule has 2 aromatic carbocycles. The third-order valence-electron chi connectivity index (χ3n) is 3.86. The number of halogens is 2. The summed E-state index contributed by atoms with van der Waals surface area (Å²) in [6.07, 6.45) is 1.58. The molecule has 0 radical (unpaired) electrons. The Balaban J connectivity index is 1.72. The highest BCUT2D eigenvalue weighted by Gasteiger charge is 2.14. The number of amides is 1. The molecule has 2 N–H and O–H groups in total. The van der Waals surface area contributed by atoms with Crippen molar-refractivity contribution in [3.8, 4) is 0 Å². The third kappa shape index (κ3) is 4.15. The molecule has 0 atom stereocenters. The van der Waals surface area contributed by atoms with E-state index in [1.807, 2.05) is 19.1 Å². The maximum Gasteiger partial charge on any atom is 0.258 e.